The van der Waals surface area contributed by atoms with Crippen LogP contribution in [0.15, 0.2) is 47.6 Å². The van der Waals surface area contributed by atoms with E-state index >= 15 is 0 Å². The molecule has 0 atom stereocenters. The summed E-state index contributed by atoms with van der Waals surface area (Å²) >= 11 is 0.216. The molecule has 0 spiro atoms. The number of nitrogens with zero attached hydrogens (tertiary/aromatic N) is 1. The summed E-state index contributed by atoms with van der Waals surface area (Å²) in [5, 5.41) is -0.0504. The van der Waals surface area contributed by atoms with E-state index in [0.29, 0.717) is 17.9 Å². The van der Waals surface area contributed by atoms with E-state index in [1.165, 1.54) is 18.3 Å². The van der Waals surface area contributed by atoms with Gasteiger partial charge in [-0.15, -0.1) is 0 Å². The van der Waals surface area contributed by atoms with Crippen LogP contribution in [0.4, 0.5) is 8.78 Å². The van der Waals surface area contributed by atoms with Crippen LogP contribution in [0.5, 0.6) is 5.75 Å². The maximum atomic E-state index is 12.5. The van der Waals surface area contributed by atoms with E-state index in [-0.39, 0.29) is 29.0 Å². The lowest BCUT2D eigenvalue weighted by Crippen LogP contribution is -2.09. The van der Waals surface area contributed by atoms with Crippen LogP contribution in [0, 0.1) is 0 Å². The van der Waals surface area contributed by atoms with Crippen molar-refractivity contribution in [3.05, 3.63) is 53.7 Å². The Bertz CT molecular complexity index is 667. The van der Waals surface area contributed by atoms with Gasteiger partial charge in [0.1, 0.15) is 17.4 Å². The van der Waals surface area contributed by atoms with Gasteiger partial charge in [-0.25, -0.2) is 9.78 Å². The number of pyridine rings is 1. The first kappa shape index (κ1) is 17.2. The lowest BCUT2D eigenvalue weighted by molar-refractivity contribution is 0.0464. The molecule has 0 unspecified atom stereocenters. The first-order valence-electron chi connectivity index (χ1n) is 6.89. The van der Waals surface area contributed by atoms with Gasteiger partial charge in [0.05, 0.1) is 12.2 Å². The number of benzene rings is 1. The predicted molar refractivity (Wildman–Crippen MR) is 82.8 cm³/mol. The van der Waals surface area contributed by atoms with Gasteiger partial charge in [-0.1, -0.05) is 18.2 Å². The Morgan fingerprint density at radius 3 is 2.78 bits per heavy atom. The highest BCUT2D eigenvalue weighted by molar-refractivity contribution is 7.99. The Labute approximate surface area is 136 Å². The monoisotopic (exact) mass is 339 g/mol. The highest BCUT2D eigenvalue weighted by Gasteiger charge is 2.18. The van der Waals surface area contributed by atoms with Crippen molar-refractivity contribution >= 4 is 17.7 Å². The molecule has 0 saturated heterocycles. The van der Waals surface area contributed by atoms with Crippen LogP contribution in [0.3, 0.4) is 0 Å². The fourth-order valence-corrected chi connectivity index (χ4v) is 2.43. The number of para-hydroxylation sites is 1. The minimum absolute atomic E-state index is 0.0112. The van der Waals surface area contributed by atoms with Crippen LogP contribution < -0.4 is 4.74 Å². The van der Waals surface area contributed by atoms with E-state index in [9.17, 15) is 13.6 Å². The molecule has 1 heterocycles. The van der Waals surface area contributed by atoms with Crippen LogP contribution in [0.1, 0.15) is 22.8 Å². The number of ether oxygens (including phenoxy) is 2. The molecule has 0 aliphatic carbocycles. The number of hydrogen-bond acceptors (Lipinski definition) is 5. The molecule has 0 amide bonds. The number of carbonyl (C=O) groups is 1. The van der Waals surface area contributed by atoms with E-state index < -0.39 is 11.7 Å². The number of alkyl halides is 2. The van der Waals surface area contributed by atoms with Crippen molar-refractivity contribution in [3.63, 3.8) is 0 Å². The smallest absolute Gasteiger partial charge is 0.341 e. The highest BCUT2D eigenvalue weighted by Crippen LogP contribution is 2.27. The zero-order valence-corrected chi connectivity index (χ0v) is 13.2. The summed E-state index contributed by atoms with van der Waals surface area (Å²) in [7, 11) is 0. The van der Waals surface area contributed by atoms with E-state index in [4.69, 9.17) is 9.47 Å². The Morgan fingerprint density at radius 1 is 1.26 bits per heavy atom. The second-order valence-electron chi connectivity index (χ2n) is 4.35. The van der Waals surface area contributed by atoms with Gasteiger partial charge in [0, 0.05) is 11.8 Å². The maximum absolute atomic E-state index is 12.5. The maximum Gasteiger partial charge on any atom is 0.341 e. The van der Waals surface area contributed by atoms with Crippen molar-refractivity contribution in [3.8, 4) is 5.75 Å². The van der Waals surface area contributed by atoms with E-state index in [0.717, 1.165) is 0 Å². The first-order valence-corrected chi connectivity index (χ1v) is 7.77. The van der Waals surface area contributed by atoms with Crippen molar-refractivity contribution in [2.24, 2.45) is 0 Å². The summed E-state index contributed by atoms with van der Waals surface area (Å²) in [6.45, 7) is 2.33. The Morgan fingerprint density at radius 2 is 2.04 bits per heavy atom. The minimum atomic E-state index is -2.66. The molecule has 2 aromatic rings. The highest BCUT2D eigenvalue weighted by atomic mass is 32.2. The standard InChI is InChI=1S/C16H15F2NO3S/c1-2-21-13-8-4-3-6-11(13)10-22-15(20)12-7-5-9-19-14(12)23-16(17)18/h3-9,16H,2,10H2,1H3. The lowest BCUT2D eigenvalue weighted by Gasteiger charge is -2.11. The summed E-state index contributed by atoms with van der Waals surface area (Å²) in [6, 6.07) is 10.1. The summed E-state index contributed by atoms with van der Waals surface area (Å²) in [6.07, 6.45) is 1.35. The summed E-state index contributed by atoms with van der Waals surface area (Å²) in [5.41, 5.74) is 0.723. The molecule has 122 valence electrons. The molecular weight excluding hydrogens is 324 g/mol. The Hall–Kier alpha value is -2.15. The van der Waals surface area contributed by atoms with Gasteiger partial charge in [0.25, 0.3) is 5.76 Å². The molecule has 7 heteroatoms. The average Bonchev–Trinajstić information content (AvgIpc) is 2.54. The second kappa shape index (κ2) is 8.47. The number of carbonyl (C=O) groups excluding carboxylic acids is 1. The molecule has 0 aliphatic heterocycles. The van der Waals surface area contributed by atoms with Gasteiger partial charge >= 0.3 is 5.97 Å². The molecule has 1 aromatic carbocycles. The number of esters is 1. The third-order valence-electron chi connectivity index (χ3n) is 2.82. The molecule has 0 bridgehead atoms. The largest absolute Gasteiger partial charge is 0.493 e. The van der Waals surface area contributed by atoms with Crippen LogP contribution in [-0.2, 0) is 11.3 Å². The summed E-state index contributed by atoms with van der Waals surface area (Å²) < 4.78 is 35.7. The number of thioether (sulfide) groups is 1. The molecule has 2 rings (SSSR count). The van der Waals surface area contributed by atoms with Gasteiger partial charge in [0.2, 0.25) is 0 Å². The first-order chi connectivity index (χ1) is 11.1. The quantitative estimate of drug-likeness (QED) is 0.560. The van der Waals surface area contributed by atoms with Crippen molar-refractivity contribution in [2.75, 3.05) is 6.61 Å². The predicted octanol–water partition coefficient (Wildman–Crippen LogP) is 4.15. The SMILES string of the molecule is CCOc1ccccc1COC(=O)c1cccnc1SC(F)F. The zero-order valence-electron chi connectivity index (χ0n) is 12.4. The van der Waals surface area contributed by atoms with Crippen LogP contribution in [0.2, 0.25) is 0 Å². The second-order valence-corrected chi connectivity index (χ2v) is 5.33. The minimum Gasteiger partial charge on any atom is -0.493 e. The molecule has 4 nitrogen and oxygen atoms in total. The van der Waals surface area contributed by atoms with E-state index in [1.807, 2.05) is 13.0 Å². The summed E-state index contributed by atoms with van der Waals surface area (Å²) in [4.78, 5) is 15.9. The van der Waals surface area contributed by atoms with Gasteiger partial charge in [-0.3, -0.25) is 0 Å². The Balaban J connectivity index is 2.09. The van der Waals surface area contributed by atoms with Gasteiger partial charge < -0.3 is 9.47 Å². The molecule has 0 fully saturated rings. The van der Waals surface area contributed by atoms with E-state index in [2.05, 4.69) is 4.98 Å². The van der Waals surface area contributed by atoms with Gasteiger partial charge in [0.15, 0.2) is 0 Å². The number of hydrogen-bond donors (Lipinski definition) is 0. The van der Waals surface area contributed by atoms with Crippen molar-refractivity contribution < 1.29 is 23.0 Å². The fourth-order valence-electron chi connectivity index (χ4n) is 1.86. The number of halogens is 2. The molecular formula is C16H15F2NO3S. The molecule has 0 radical (unpaired) electrons. The number of rotatable bonds is 7. The van der Waals surface area contributed by atoms with Crippen molar-refractivity contribution in [1.29, 1.82) is 0 Å². The van der Waals surface area contributed by atoms with Gasteiger partial charge in [-0.2, -0.15) is 8.78 Å². The van der Waals surface area contributed by atoms with E-state index in [1.54, 1.807) is 18.2 Å². The lowest BCUT2D eigenvalue weighted by atomic mass is 10.2. The molecule has 0 N–H and O–H groups in total. The third kappa shape index (κ3) is 4.92. The molecule has 23 heavy (non-hydrogen) atoms. The Kier molecular flexibility index (Phi) is 6.34. The topological polar surface area (TPSA) is 48.4 Å². The number of aromatic nitrogens is 1. The van der Waals surface area contributed by atoms with Crippen LogP contribution in [-0.4, -0.2) is 23.3 Å². The van der Waals surface area contributed by atoms with Crippen LogP contribution in [0.25, 0.3) is 0 Å². The zero-order chi connectivity index (χ0) is 16.7. The van der Waals surface area contributed by atoms with Crippen LogP contribution >= 0.6 is 11.8 Å². The fraction of sp³-hybridized carbons (Fsp3) is 0.250. The van der Waals surface area contributed by atoms with Gasteiger partial charge in [-0.05, 0) is 36.9 Å². The molecule has 0 aliphatic rings. The van der Waals surface area contributed by atoms with Crippen molar-refractivity contribution in [1.82, 2.24) is 4.98 Å². The average molecular weight is 339 g/mol. The molecule has 0 saturated carbocycles. The molecule has 1 aromatic heterocycles. The van der Waals surface area contributed by atoms with Crippen molar-refractivity contribution in [2.45, 2.75) is 24.3 Å². The summed E-state index contributed by atoms with van der Waals surface area (Å²) in [5.74, 6) is -2.74. The normalized spacial score (nSPS) is 10.6. The third-order valence-corrected chi connectivity index (χ3v) is 3.55.